The third-order valence-electron chi connectivity index (χ3n) is 4.52. The summed E-state index contributed by atoms with van der Waals surface area (Å²) in [6, 6.07) is 0.0613. The Morgan fingerprint density at radius 3 is 2.45 bits per heavy atom. The maximum Gasteiger partial charge on any atom is 0.239 e. The highest BCUT2D eigenvalue weighted by molar-refractivity contribution is 5.84. The molecule has 0 spiro atoms. The van der Waals surface area contributed by atoms with Crippen LogP contribution in [0.1, 0.15) is 53.4 Å². The van der Waals surface area contributed by atoms with Gasteiger partial charge in [-0.15, -0.1) is 0 Å². The minimum absolute atomic E-state index is 0.000324. The Kier molecular flexibility index (Phi) is 5.12. The molecule has 0 bridgehead atoms. The van der Waals surface area contributed by atoms with Gasteiger partial charge in [0.2, 0.25) is 11.8 Å². The number of hydrogen-bond acceptors (Lipinski definition) is 4. The minimum Gasteiger partial charge on any atom is -0.351 e. The van der Waals surface area contributed by atoms with Crippen LogP contribution >= 0.6 is 0 Å². The average molecular weight is 310 g/mol. The van der Waals surface area contributed by atoms with E-state index in [1.54, 1.807) is 0 Å². The van der Waals surface area contributed by atoms with Crippen molar-refractivity contribution >= 4 is 11.8 Å². The number of carbonyl (C=O) groups excluding carboxylic acids is 2. The van der Waals surface area contributed by atoms with Gasteiger partial charge < -0.3 is 21.3 Å². The summed E-state index contributed by atoms with van der Waals surface area (Å²) in [5.74, 6) is -0.00932. The molecule has 2 aliphatic rings. The molecular weight excluding hydrogens is 280 g/mol. The second kappa shape index (κ2) is 6.54. The van der Waals surface area contributed by atoms with Crippen molar-refractivity contribution < 1.29 is 9.59 Å². The van der Waals surface area contributed by atoms with E-state index < -0.39 is 0 Å². The second-order valence-electron chi connectivity index (χ2n) is 7.71. The summed E-state index contributed by atoms with van der Waals surface area (Å²) in [7, 11) is 0. The fourth-order valence-electron chi connectivity index (χ4n) is 3.74. The van der Waals surface area contributed by atoms with Gasteiger partial charge >= 0.3 is 0 Å². The molecule has 0 aromatic carbocycles. The van der Waals surface area contributed by atoms with Crippen LogP contribution in [0.25, 0.3) is 0 Å². The Bertz CT molecular complexity index is 432. The molecule has 1 aliphatic carbocycles. The molecule has 4 atom stereocenters. The molecule has 22 heavy (non-hydrogen) atoms. The number of rotatable bonds is 3. The molecule has 0 aromatic rings. The van der Waals surface area contributed by atoms with Crippen LogP contribution < -0.4 is 16.4 Å². The highest BCUT2D eigenvalue weighted by Crippen LogP contribution is 2.28. The number of carbonyl (C=O) groups is 2. The summed E-state index contributed by atoms with van der Waals surface area (Å²) in [5, 5.41) is 6.66. The van der Waals surface area contributed by atoms with E-state index in [1.165, 1.54) is 6.92 Å². The smallest absolute Gasteiger partial charge is 0.239 e. The lowest BCUT2D eigenvalue weighted by atomic mass is 9.84. The van der Waals surface area contributed by atoms with E-state index >= 15 is 0 Å². The van der Waals surface area contributed by atoms with E-state index in [0.29, 0.717) is 19.0 Å². The molecule has 1 saturated carbocycles. The largest absolute Gasteiger partial charge is 0.351 e. The zero-order valence-electron chi connectivity index (χ0n) is 14.2. The zero-order valence-corrected chi connectivity index (χ0v) is 14.2. The zero-order chi connectivity index (χ0) is 16.5. The van der Waals surface area contributed by atoms with Crippen LogP contribution in [-0.4, -0.2) is 53.0 Å². The quantitative estimate of drug-likeness (QED) is 0.702. The van der Waals surface area contributed by atoms with Gasteiger partial charge in [0.1, 0.15) is 0 Å². The molecule has 2 rings (SSSR count). The third kappa shape index (κ3) is 4.20. The summed E-state index contributed by atoms with van der Waals surface area (Å²) < 4.78 is 0. The van der Waals surface area contributed by atoms with Gasteiger partial charge in [-0.05, 0) is 46.5 Å². The van der Waals surface area contributed by atoms with Crippen LogP contribution in [0.5, 0.6) is 0 Å². The molecule has 6 heteroatoms. The molecule has 4 N–H and O–H groups in total. The van der Waals surface area contributed by atoms with Crippen molar-refractivity contribution in [2.45, 2.75) is 83.1 Å². The second-order valence-corrected chi connectivity index (χ2v) is 7.71. The highest BCUT2D eigenvalue weighted by atomic mass is 16.2. The number of hydrogen-bond donors (Lipinski definition) is 3. The van der Waals surface area contributed by atoms with Gasteiger partial charge in [-0.3, -0.25) is 9.59 Å². The maximum absolute atomic E-state index is 12.2. The first-order valence-electron chi connectivity index (χ1n) is 8.28. The number of likely N-dealkylation sites (tertiary alicyclic amines) is 1. The van der Waals surface area contributed by atoms with E-state index in [2.05, 4.69) is 31.4 Å². The summed E-state index contributed by atoms with van der Waals surface area (Å²) >= 11 is 0. The SMILES string of the molecule is CC(=O)N[C@H]1C[C@H](NC(C)(C)C)CCC1N1CC[C@H](N)C1=O. The molecule has 126 valence electrons. The van der Waals surface area contributed by atoms with Crippen LogP contribution in [0.2, 0.25) is 0 Å². The van der Waals surface area contributed by atoms with Crippen molar-refractivity contribution in [3.8, 4) is 0 Å². The van der Waals surface area contributed by atoms with Gasteiger partial charge in [0.15, 0.2) is 0 Å². The van der Waals surface area contributed by atoms with E-state index in [9.17, 15) is 9.59 Å². The standard InChI is InChI=1S/C16H30N4O2/c1-10(21)18-13-9-11(19-16(2,3)4)5-6-14(13)20-8-7-12(17)15(20)22/h11-14,19H,5-9,17H2,1-4H3,(H,18,21)/t11-,12+,13+,14?/m1/s1. The lowest BCUT2D eigenvalue weighted by Gasteiger charge is -2.43. The molecule has 6 nitrogen and oxygen atoms in total. The third-order valence-corrected chi connectivity index (χ3v) is 4.52. The first-order valence-corrected chi connectivity index (χ1v) is 8.28. The van der Waals surface area contributed by atoms with Crippen LogP contribution in [0.4, 0.5) is 0 Å². The molecule has 1 heterocycles. The van der Waals surface area contributed by atoms with Crippen molar-refractivity contribution in [1.29, 1.82) is 0 Å². The first kappa shape index (κ1) is 17.2. The Morgan fingerprint density at radius 2 is 1.95 bits per heavy atom. The molecule has 1 aliphatic heterocycles. The lowest BCUT2D eigenvalue weighted by Crippen LogP contribution is -2.59. The summed E-state index contributed by atoms with van der Waals surface area (Å²) in [4.78, 5) is 25.7. The van der Waals surface area contributed by atoms with Crippen LogP contribution in [0.3, 0.4) is 0 Å². The maximum atomic E-state index is 12.2. The van der Waals surface area contributed by atoms with Crippen molar-refractivity contribution in [2.75, 3.05) is 6.54 Å². The van der Waals surface area contributed by atoms with Crippen molar-refractivity contribution in [3.63, 3.8) is 0 Å². The Hall–Kier alpha value is -1.14. The summed E-state index contributed by atoms with van der Waals surface area (Å²) in [6.45, 7) is 8.69. The highest BCUT2D eigenvalue weighted by Gasteiger charge is 2.41. The topological polar surface area (TPSA) is 87.5 Å². The van der Waals surface area contributed by atoms with E-state index in [0.717, 1.165) is 19.3 Å². The van der Waals surface area contributed by atoms with Crippen LogP contribution in [0.15, 0.2) is 0 Å². The number of amides is 2. The van der Waals surface area contributed by atoms with Gasteiger partial charge in [-0.2, -0.15) is 0 Å². The number of nitrogens with one attached hydrogen (secondary N) is 2. The van der Waals surface area contributed by atoms with E-state index in [4.69, 9.17) is 5.73 Å². The van der Waals surface area contributed by atoms with Crippen molar-refractivity contribution in [3.05, 3.63) is 0 Å². The van der Waals surface area contributed by atoms with E-state index in [1.807, 2.05) is 4.90 Å². The molecule has 2 amide bonds. The number of nitrogens with zero attached hydrogens (tertiary/aromatic N) is 1. The van der Waals surface area contributed by atoms with E-state index in [-0.39, 0.29) is 35.5 Å². The van der Waals surface area contributed by atoms with Crippen LogP contribution in [0, 0.1) is 0 Å². The monoisotopic (exact) mass is 310 g/mol. The fourth-order valence-corrected chi connectivity index (χ4v) is 3.74. The molecule has 2 fully saturated rings. The molecule has 0 radical (unpaired) electrons. The lowest BCUT2D eigenvalue weighted by molar-refractivity contribution is -0.133. The predicted octanol–water partition coefficient (Wildman–Crippen LogP) is 0.360. The van der Waals surface area contributed by atoms with Crippen molar-refractivity contribution in [2.24, 2.45) is 5.73 Å². The number of nitrogens with two attached hydrogens (primary N) is 1. The van der Waals surface area contributed by atoms with Gasteiger partial charge in [-0.25, -0.2) is 0 Å². The summed E-state index contributed by atoms with van der Waals surface area (Å²) in [5.41, 5.74) is 5.89. The summed E-state index contributed by atoms with van der Waals surface area (Å²) in [6.07, 6.45) is 3.47. The molecule has 1 saturated heterocycles. The Morgan fingerprint density at radius 1 is 1.27 bits per heavy atom. The van der Waals surface area contributed by atoms with Crippen LogP contribution in [-0.2, 0) is 9.59 Å². The van der Waals surface area contributed by atoms with Gasteiger partial charge in [0.05, 0.1) is 18.1 Å². The normalized spacial score (nSPS) is 33.1. The van der Waals surface area contributed by atoms with Gasteiger partial charge in [-0.1, -0.05) is 0 Å². The Labute approximate surface area is 133 Å². The van der Waals surface area contributed by atoms with Crippen molar-refractivity contribution in [1.82, 2.24) is 15.5 Å². The fraction of sp³-hybridized carbons (Fsp3) is 0.875. The predicted molar refractivity (Wildman–Crippen MR) is 86.2 cm³/mol. The average Bonchev–Trinajstić information content (AvgIpc) is 2.68. The Balaban J connectivity index is 2.07. The minimum atomic E-state index is -0.372. The molecule has 1 unspecified atom stereocenters. The van der Waals surface area contributed by atoms with Gasteiger partial charge in [0, 0.05) is 25.0 Å². The molecular formula is C16H30N4O2. The first-order chi connectivity index (χ1) is 10.2. The van der Waals surface area contributed by atoms with Gasteiger partial charge in [0.25, 0.3) is 0 Å². The molecule has 0 aromatic heterocycles.